The number of nitrogens with zero attached hydrogens (tertiary/aromatic N) is 3. The zero-order chi connectivity index (χ0) is 24.0. The van der Waals surface area contributed by atoms with Gasteiger partial charge in [-0.05, 0) is 43.6 Å². The minimum atomic E-state index is -4.95. The Morgan fingerprint density at radius 3 is 2.36 bits per heavy atom. The third-order valence-corrected chi connectivity index (χ3v) is 7.27. The Balaban J connectivity index is 1.45. The molecular weight excluding hydrogens is 439 g/mol. The van der Waals surface area contributed by atoms with Gasteiger partial charge in [0, 0.05) is 25.7 Å². The summed E-state index contributed by atoms with van der Waals surface area (Å²) >= 11 is 0. The van der Waals surface area contributed by atoms with Crippen molar-refractivity contribution in [3.8, 4) is 0 Å². The number of rotatable bonds is 4. The van der Waals surface area contributed by atoms with Crippen LogP contribution in [0.25, 0.3) is 0 Å². The molecule has 1 aromatic rings. The van der Waals surface area contributed by atoms with Crippen LogP contribution in [0.1, 0.15) is 38.2 Å². The fourth-order valence-corrected chi connectivity index (χ4v) is 5.45. The van der Waals surface area contributed by atoms with Gasteiger partial charge in [0.05, 0.1) is 5.54 Å². The lowest BCUT2D eigenvalue weighted by atomic mass is 9.92. The number of likely N-dealkylation sites (tertiary alicyclic amines) is 1. The number of carboxylic acid groups (broad SMARTS) is 1. The first kappa shape index (κ1) is 23.4. The van der Waals surface area contributed by atoms with Crippen LogP contribution in [-0.2, 0) is 16.0 Å². The topological polar surface area (TPSA) is 81.2 Å². The third-order valence-electron chi connectivity index (χ3n) is 7.27. The molecule has 3 aliphatic rings. The Hall–Kier alpha value is -2.78. The molecule has 7 nitrogen and oxygen atoms in total. The summed E-state index contributed by atoms with van der Waals surface area (Å²) in [7, 11) is 0. The van der Waals surface area contributed by atoms with Crippen LogP contribution >= 0.6 is 0 Å². The average Bonchev–Trinajstić information content (AvgIpc) is 3.36. The van der Waals surface area contributed by atoms with E-state index in [0.29, 0.717) is 32.1 Å². The highest BCUT2D eigenvalue weighted by Gasteiger charge is 2.59. The summed E-state index contributed by atoms with van der Waals surface area (Å²) in [5.74, 6) is -2.25. The van der Waals surface area contributed by atoms with E-state index in [1.54, 1.807) is 0 Å². The second kappa shape index (κ2) is 8.53. The Morgan fingerprint density at radius 2 is 1.79 bits per heavy atom. The van der Waals surface area contributed by atoms with Gasteiger partial charge in [-0.25, -0.2) is 4.79 Å². The first-order valence-corrected chi connectivity index (χ1v) is 11.3. The number of benzene rings is 1. The van der Waals surface area contributed by atoms with Crippen molar-refractivity contribution in [1.82, 2.24) is 14.7 Å². The van der Waals surface area contributed by atoms with Gasteiger partial charge in [0.1, 0.15) is 6.04 Å². The van der Waals surface area contributed by atoms with Gasteiger partial charge in [0.25, 0.3) is 0 Å². The third kappa shape index (κ3) is 4.52. The molecule has 2 saturated heterocycles. The van der Waals surface area contributed by atoms with Crippen molar-refractivity contribution in [3.63, 3.8) is 0 Å². The summed E-state index contributed by atoms with van der Waals surface area (Å²) in [6.07, 6.45) is -3.70. The molecule has 3 atom stereocenters. The summed E-state index contributed by atoms with van der Waals surface area (Å²) in [5, 5.41) is 9.91. The first-order chi connectivity index (χ1) is 15.5. The van der Waals surface area contributed by atoms with E-state index >= 15 is 0 Å². The highest BCUT2D eigenvalue weighted by atomic mass is 19.4. The van der Waals surface area contributed by atoms with Gasteiger partial charge in [-0.3, -0.25) is 14.5 Å². The smallest absolute Gasteiger partial charge is 0.465 e. The fourth-order valence-electron chi connectivity index (χ4n) is 5.45. The number of piperazine rings is 1. The van der Waals surface area contributed by atoms with Crippen LogP contribution in [0.2, 0.25) is 0 Å². The Morgan fingerprint density at radius 1 is 1.12 bits per heavy atom. The monoisotopic (exact) mass is 467 g/mol. The molecule has 2 heterocycles. The van der Waals surface area contributed by atoms with Crippen molar-refractivity contribution in [1.29, 1.82) is 0 Å². The first-order valence-electron chi connectivity index (χ1n) is 11.3. The minimum Gasteiger partial charge on any atom is -0.465 e. The van der Waals surface area contributed by atoms with Gasteiger partial charge in [-0.1, -0.05) is 37.3 Å². The lowest BCUT2D eigenvalue weighted by molar-refractivity contribution is -0.191. The Bertz CT molecular complexity index is 919. The molecule has 1 saturated carbocycles. The van der Waals surface area contributed by atoms with Crippen molar-refractivity contribution in [2.45, 2.75) is 62.8 Å². The van der Waals surface area contributed by atoms with E-state index in [1.807, 2.05) is 37.3 Å². The quantitative estimate of drug-likeness (QED) is 0.738. The maximum Gasteiger partial charge on any atom is 0.471 e. The molecule has 3 fully saturated rings. The van der Waals surface area contributed by atoms with Gasteiger partial charge in [0.15, 0.2) is 0 Å². The van der Waals surface area contributed by atoms with Crippen molar-refractivity contribution in [2.75, 3.05) is 19.6 Å². The second-order valence-electron chi connectivity index (χ2n) is 9.46. The van der Waals surface area contributed by atoms with Crippen molar-refractivity contribution in [3.05, 3.63) is 35.9 Å². The lowest BCUT2D eigenvalue weighted by Gasteiger charge is -2.43. The number of hydrogen-bond acceptors (Lipinski definition) is 3. The van der Waals surface area contributed by atoms with Gasteiger partial charge >= 0.3 is 18.2 Å². The van der Waals surface area contributed by atoms with Gasteiger partial charge in [-0.2, -0.15) is 13.2 Å². The number of carbonyl (C=O) groups excluding carboxylic acids is 2. The molecule has 1 spiro atoms. The normalized spacial score (nSPS) is 25.3. The predicted octanol–water partition coefficient (Wildman–Crippen LogP) is 3.14. The molecule has 0 radical (unpaired) electrons. The van der Waals surface area contributed by atoms with E-state index in [0.717, 1.165) is 10.5 Å². The lowest BCUT2D eigenvalue weighted by Crippen LogP contribution is -2.62. The van der Waals surface area contributed by atoms with Crippen molar-refractivity contribution in [2.24, 2.45) is 5.92 Å². The molecule has 180 valence electrons. The minimum absolute atomic E-state index is 0.00247. The summed E-state index contributed by atoms with van der Waals surface area (Å²) < 4.78 is 38.9. The predicted molar refractivity (Wildman–Crippen MR) is 112 cm³/mol. The molecular formula is C23H28F3N3O4. The second-order valence-corrected chi connectivity index (χ2v) is 9.46. The molecule has 1 aromatic carbocycles. The standard InChI is InChI=1S/C23H28F3N3O4/c1-15(13-16-5-3-2-4-6-16)17-7-8-18(29(17)21(32)33)19(30)27-11-12-28(20(31)23(24,25)26)22(14-27)9-10-22/h2-6,15,17-18H,7-14H2,1H3,(H,32,33)/t15?,17-,18+/m1/s1. The Kier molecular flexibility index (Phi) is 6.05. The van der Waals surface area contributed by atoms with E-state index in [4.69, 9.17) is 0 Å². The van der Waals surface area contributed by atoms with Crippen LogP contribution in [-0.4, -0.2) is 81.1 Å². The van der Waals surface area contributed by atoms with Crippen molar-refractivity contribution < 1.29 is 32.7 Å². The molecule has 33 heavy (non-hydrogen) atoms. The number of carbonyl (C=O) groups is 3. The largest absolute Gasteiger partial charge is 0.471 e. The SMILES string of the molecule is CC(Cc1ccccc1)[C@H]1CC[C@@H](C(=O)N2CCN(C(=O)C(F)(F)F)C3(CC3)C2)N1C(=O)O. The maximum atomic E-state index is 13.3. The van der Waals surface area contributed by atoms with Gasteiger partial charge in [0.2, 0.25) is 5.91 Å². The van der Waals surface area contributed by atoms with Crippen LogP contribution < -0.4 is 0 Å². The van der Waals surface area contributed by atoms with E-state index in [1.165, 1.54) is 9.80 Å². The number of alkyl halides is 3. The highest BCUT2D eigenvalue weighted by Crippen LogP contribution is 2.46. The highest BCUT2D eigenvalue weighted by molar-refractivity contribution is 5.87. The average molecular weight is 467 g/mol. The molecule has 0 bridgehead atoms. The van der Waals surface area contributed by atoms with Crippen LogP contribution in [0.15, 0.2) is 30.3 Å². The maximum absolute atomic E-state index is 13.3. The summed E-state index contributed by atoms with van der Waals surface area (Å²) in [6, 6.07) is 8.55. The molecule has 2 aliphatic heterocycles. The summed E-state index contributed by atoms with van der Waals surface area (Å²) in [6.45, 7) is 1.76. The van der Waals surface area contributed by atoms with E-state index in [-0.39, 0.29) is 37.5 Å². The number of amides is 3. The van der Waals surface area contributed by atoms with Crippen LogP contribution in [0.5, 0.6) is 0 Å². The fraction of sp³-hybridized carbons (Fsp3) is 0.609. The number of hydrogen-bond donors (Lipinski definition) is 1. The van der Waals surface area contributed by atoms with Gasteiger partial charge in [-0.15, -0.1) is 0 Å². The van der Waals surface area contributed by atoms with Crippen LogP contribution in [0.4, 0.5) is 18.0 Å². The zero-order valence-electron chi connectivity index (χ0n) is 18.4. The number of halogens is 3. The molecule has 4 rings (SSSR count). The molecule has 1 aliphatic carbocycles. The molecule has 3 amide bonds. The molecule has 1 N–H and O–H groups in total. The van der Waals surface area contributed by atoms with E-state index in [9.17, 15) is 32.7 Å². The molecule has 1 unspecified atom stereocenters. The zero-order valence-corrected chi connectivity index (χ0v) is 18.4. The summed E-state index contributed by atoms with van der Waals surface area (Å²) in [4.78, 5) is 40.8. The Labute approximate surface area is 190 Å². The van der Waals surface area contributed by atoms with Crippen LogP contribution in [0, 0.1) is 5.92 Å². The van der Waals surface area contributed by atoms with E-state index < -0.39 is 29.8 Å². The van der Waals surface area contributed by atoms with Crippen LogP contribution in [0.3, 0.4) is 0 Å². The molecule has 10 heteroatoms. The van der Waals surface area contributed by atoms with E-state index in [2.05, 4.69) is 0 Å². The molecule has 0 aromatic heterocycles. The van der Waals surface area contributed by atoms with Crippen molar-refractivity contribution >= 4 is 17.9 Å². The summed E-state index contributed by atoms with van der Waals surface area (Å²) in [5.41, 5.74) is 0.110. The van der Waals surface area contributed by atoms with Gasteiger partial charge < -0.3 is 14.9 Å².